The topological polar surface area (TPSA) is 72.5 Å². The summed E-state index contributed by atoms with van der Waals surface area (Å²) in [5, 5.41) is 2.78. The van der Waals surface area contributed by atoms with E-state index in [-0.39, 0.29) is 30.6 Å². The van der Waals surface area contributed by atoms with Gasteiger partial charge in [0, 0.05) is 22.9 Å². The lowest BCUT2D eigenvalue weighted by atomic mass is 10.1. The van der Waals surface area contributed by atoms with Crippen molar-refractivity contribution in [3.63, 3.8) is 0 Å². The van der Waals surface area contributed by atoms with Crippen molar-refractivity contribution in [2.45, 2.75) is 49.6 Å². The maximum absolute atomic E-state index is 12.0. The Morgan fingerprint density at radius 2 is 1.87 bits per heavy atom. The summed E-state index contributed by atoms with van der Waals surface area (Å²) in [4.78, 5) is 36.5. The second-order valence-corrected chi connectivity index (χ2v) is 6.45. The van der Waals surface area contributed by atoms with Gasteiger partial charge in [0.05, 0.1) is 6.42 Å². The van der Waals surface area contributed by atoms with Crippen LogP contribution in [0.3, 0.4) is 0 Å². The van der Waals surface area contributed by atoms with Crippen LogP contribution in [0.5, 0.6) is 0 Å². The van der Waals surface area contributed by atoms with Crippen molar-refractivity contribution in [1.29, 1.82) is 0 Å². The molecular formula is C17H21NO4S. The summed E-state index contributed by atoms with van der Waals surface area (Å²) in [7, 11) is 0. The molecule has 1 atom stereocenters. The Morgan fingerprint density at radius 3 is 2.43 bits per heavy atom. The van der Waals surface area contributed by atoms with Gasteiger partial charge in [-0.2, -0.15) is 0 Å². The van der Waals surface area contributed by atoms with Crippen molar-refractivity contribution < 1.29 is 19.1 Å². The van der Waals surface area contributed by atoms with Gasteiger partial charge in [-0.05, 0) is 38.2 Å². The first kappa shape index (κ1) is 17.5. The lowest BCUT2D eigenvalue weighted by Crippen LogP contribution is -2.37. The first-order valence-corrected chi connectivity index (χ1v) is 8.89. The lowest BCUT2D eigenvalue weighted by molar-refractivity contribution is -0.154. The first-order valence-electron chi connectivity index (χ1n) is 7.66. The van der Waals surface area contributed by atoms with E-state index in [0.29, 0.717) is 5.56 Å². The Hall–Kier alpha value is -1.82. The maximum Gasteiger partial charge on any atom is 0.307 e. The molecule has 0 unspecified atom stereocenters. The number of esters is 1. The van der Waals surface area contributed by atoms with Gasteiger partial charge in [-0.25, -0.2) is 0 Å². The number of ether oxygens (including phenoxy) is 1. The number of amides is 1. The molecule has 0 saturated heterocycles. The Balaban J connectivity index is 1.73. The number of carbonyl (C=O) groups excluding carboxylic acids is 3. The summed E-state index contributed by atoms with van der Waals surface area (Å²) < 4.78 is 5.06. The van der Waals surface area contributed by atoms with Gasteiger partial charge in [-0.1, -0.05) is 12.1 Å². The summed E-state index contributed by atoms with van der Waals surface area (Å²) in [6.07, 6.45) is 3.16. The fraction of sp³-hybridized carbons (Fsp3) is 0.471. The normalized spacial score (nSPS) is 14.9. The van der Waals surface area contributed by atoms with Crippen LogP contribution in [-0.4, -0.2) is 36.1 Å². The molecule has 2 rings (SSSR count). The van der Waals surface area contributed by atoms with E-state index >= 15 is 0 Å². The summed E-state index contributed by atoms with van der Waals surface area (Å²) >= 11 is 1.60. The van der Waals surface area contributed by atoms with E-state index in [0.717, 1.165) is 17.7 Å². The fourth-order valence-electron chi connectivity index (χ4n) is 1.99. The van der Waals surface area contributed by atoms with Gasteiger partial charge in [-0.15, -0.1) is 11.8 Å². The third kappa shape index (κ3) is 5.71. The Morgan fingerprint density at radius 1 is 1.22 bits per heavy atom. The predicted molar refractivity (Wildman–Crippen MR) is 88.5 cm³/mol. The second kappa shape index (κ2) is 8.15. The number of thioether (sulfide) groups is 1. The molecule has 1 aromatic carbocycles. The van der Waals surface area contributed by atoms with Crippen LogP contribution in [0, 0.1) is 0 Å². The number of hydrogen-bond acceptors (Lipinski definition) is 5. The molecule has 0 bridgehead atoms. The first-order chi connectivity index (χ1) is 11.0. The smallest absolute Gasteiger partial charge is 0.307 e. The van der Waals surface area contributed by atoms with Crippen molar-refractivity contribution in [2.75, 3.05) is 6.26 Å². The number of Topliss-reactive ketones (excluding diaryl/α,β-unsaturated/α-hetero) is 1. The highest BCUT2D eigenvalue weighted by atomic mass is 32.2. The van der Waals surface area contributed by atoms with E-state index in [4.69, 9.17) is 4.74 Å². The van der Waals surface area contributed by atoms with Crippen LogP contribution in [0.1, 0.15) is 43.0 Å². The zero-order valence-electron chi connectivity index (χ0n) is 13.3. The van der Waals surface area contributed by atoms with Crippen molar-refractivity contribution in [1.82, 2.24) is 5.32 Å². The molecule has 1 aliphatic carbocycles. The molecule has 0 radical (unpaired) electrons. The quantitative estimate of drug-likeness (QED) is 0.449. The van der Waals surface area contributed by atoms with Crippen molar-refractivity contribution in [3.05, 3.63) is 29.8 Å². The monoisotopic (exact) mass is 335 g/mol. The summed E-state index contributed by atoms with van der Waals surface area (Å²) in [5.41, 5.74) is 0.579. The van der Waals surface area contributed by atoms with Crippen LogP contribution < -0.4 is 5.32 Å². The molecule has 23 heavy (non-hydrogen) atoms. The highest BCUT2D eigenvalue weighted by Gasteiger charge is 2.27. The van der Waals surface area contributed by atoms with Crippen LogP contribution in [0.15, 0.2) is 29.2 Å². The minimum atomic E-state index is -0.820. The highest BCUT2D eigenvalue weighted by molar-refractivity contribution is 7.98. The van der Waals surface area contributed by atoms with Gasteiger partial charge in [0.15, 0.2) is 11.9 Å². The average molecular weight is 335 g/mol. The zero-order chi connectivity index (χ0) is 16.8. The average Bonchev–Trinajstić information content (AvgIpc) is 3.36. The highest BCUT2D eigenvalue weighted by Crippen LogP contribution is 2.19. The molecule has 1 aromatic rings. The van der Waals surface area contributed by atoms with Crippen LogP contribution >= 0.6 is 11.8 Å². The number of ketones is 1. The molecule has 5 nitrogen and oxygen atoms in total. The summed E-state index contributed by atoms with van der Waals surface area (Å²) in [6.45, 7) is 1.54. The number of carbonyl (C=O) groups is 3. The standard InChI is InChI=1S/C17H21NO4S/c1-11(17(21)18-13-5-6-13)22-16(20)10-9-15(19)12-3-7-14(23-2)8-4-12/h3-4,7-8,11,13H,5-6,9-10H2,1-2H3,(H,18,21)/t11-/m1/s1. The molecule has 0 aliphatic heterocycles. The summed E-state index contributed by atoms with van der Waals surface area (Å²) in [5.74, 6) is -0.915. The molecule has 1 fully saturated rings. The molecule has 1 aliphatic rings. The molecule has 0 spiro atoms. The van der Waals surface area contributed by atoms with E-state index < -0.39 is 12.1 Å². The van der Waals surface area contributed by atoms with Gasteiger partial charge in [0.25, 0.3) is 5.91 Å². The summed E-state index contributed by atoms with van der Waals surface area (Å²) in [6, 6.07) is 7.49. The number of benzene rings is 1. The van der Waals surface area contributed by atoms with E-state index in [1.165, 1.54) is 0 Å². The van der Waals surface area contributed by atoms with Gasteiger partial charge >= 0.3 is 5.97 Å². The number of hydrogen-bond donors (Lipinski definition) is 1. The van der Waals surface area contributed by atoms with Gasteiger partial charge in [-0.3, -0.25) is 14.4 Å². The largest absolute Gasteiger partial charge is 0.453 e. The number of nitrogens with one attached hydrogen (secondary N) is 1. The number of rotatable bonds is 8. The molecule has 6 heteroatoms. The van der Waals surface area contributed by atoms with Crippen LogP contribution in [0.4, 0.5) is 0 Å². The second-order valence-electron chi connectivity index (χ2n) is 5.57. The molecule has 1 amide bonds. The fourth-order valence-corrected chi connectivity index (χ4v) is 2.40. The van der Waals surface area contributed by atoms with Crippen molar-refractivity contribution in [2.24, 2.45) is 0 Å². The van der Waals surface area contributed by atoms with Gasteiger partial charge in [0.1, 0.15) is 0 Å². The van der Waals surface area contributed by atoms with E-state index in [1.807, 2.05) is 18.4 Å². The molecule has 1 saturated carbocycles. The molecular weight excluding hydrogens is 314 g/mol. The van der Waals surface area contributed by atoms with Crippen LogP contribution in [-0.2, 0) is 14.3 Å². The maximum atomic E-state index is 12.0. The third-order valence-electron chi connectivity index (χ3n) is 3.57. The van der Waals surface area contributed by atoms with E-state index in [9.17, 15) is 14.4 Å². The predicted octanol–water partition coefficient (Wildman–Crippen LogP) is 2.58. The van der Waals surface area contributed by atoms with Crippen LogP contribution in [0.2, 0.25) is 0 Å². The van der Waals surface area contributed by atoms with E-state index in [1.54, 1.807) is 30.8 Å². The molecule has 124 valence electrons. The van der Waals surface area contributed by atoms with Gasteiger partial charge in [0.2, 0.25) is 0 Å². The zero-order valence-corrected chi connectivity index (χ0v) is 14.2. The Bertz CT molecular complexity index is 581. The molecule has 0 aromatic heterocycles. The van der Waals surface area contributed by atoms with E-state index in [2.05, 4.69) is 5.32 Å². The molecule has 1 N–H and O–H groups in total. The van der Waals surface area contributed by atoms with Crippen molar-refractivity contribution >= 4 is 29.4 Å². The Labute approximate surface area is 140 Å². The van der Waals surface area contributed by atoms with Crippen LogP contribution in [0.25, 0.3) is 0 Å². The minimum Gasteiger partial charge on any atom is -0.453 e. The van der Waals surface area contributed by atoms with Crippen molar-refractivity contribution in [3.8, 4) is 0 Å². The third-order valence-corrected chi connectivity index (χ3v) is 4.31. The minimum absolute atomic E-state index is 0.0236. The van der Waals surface area contributed by atoms with Gasteiger partial charge < -0.3 is 10.1 Å². The molecule has 0 heterocycles. The lowest BCUT2D eigenvalue weighted by Gasteiger charge is -2.13. The SMILES string of the molecule is CSc1ccc(C(=O)CCC(=O)O[C@H](C)C(=O)NC2CC2)cc1. The Kier molecular flexibility index (Phi) is 6.21.